The van der Waals surface area contributed by atoms with Crippen molar-refractivity contribution in [3.63, 3.8) is 0 Å². The summed E-state index contributed by atoms with van der Waals surface area (Å²) < 4.78 is 46.3. The number of rotatable bonds is 2. The maximum absolute atomic E-state index is 12.4. The molecule has 0 saturated heterocycles. The average molecular weight is 301 g/mol. The highest BCUT2D eigenvalue weighted by Crippen LogP contribution is 2.31. The van der Waals surface area contributed by atoms with Gasteiger partial charge in [0.15, 0.2) is 0 Å². The number of aromatic nitrogens is 2. The van der Waals surface area contributed by atoms with E-state index in [1.165, 1.54) is 25.2 Å². The van der Waals surface area contributed by atoms with Crippen LogP contribution in [-0.4, -0.2) is 23.3 Å². The van der Waals surface area contributed by atoms with E-state index < -0.39 is 18.2 Å². The van der Waals surface area contributed by atoms with Crippen molar-refractivity contribution in [3.8, 4) is 17.1 Å². The number of amides is 1. The lowest BCUT2D eigenvalue weighted by Gasteiger charge is -2.06. The molecule has 2 aromatic rings. The molecule has 0 fully saturated rings. The summed E-state index contributed by atoms with van der Waals surface area (Å²) in [6.07, 6.45) is -5.34. The van der Waals surface area contributed by atoms with Crippen LogP contribution in [-0.2, 0) is 6.18 Å². The highest BCUT2D eigenvalue weighted by Gasteiger charge is 2.38. The Labute approximate surface area is 116 Å². The number of nitrogens with one attached hydrogen (secondary N) is 1. The Morgan fingerprint density at radius 2 is 2.10 bits per heavy atom. The predicted octanol–water partition coefficient (Wildman–Crippen LogP) is 2.78. The van der Waals surface area contributed by atoms with Crippen molar-refractivity contribution in [2.24, 2.45) is 0 Å². The number of hydrogen-bond acceptors (Lipinski definition) is 5. The number of benzene rings is 1. The Morgan fingerprint density at radius 1 is 1.38 bits per heavy atom. The highest BCUT2D eigenvalue weighted by atomic mass is 19.4. The van der Waals surface area contributed by atoms with Gasteiger partial charge in [0.1, 0.15) is 5.75 Å². The molecule has 21 heavy (non-hydrogen) atoms. The second-order valence-corrected chi connectivity index (χ2v) is 4.04. The molecule has 0 aliphatic heterocycles. The summed E-state index contributed by atoms with van der Waals surface area (Å²) in [7, 11) is 1.40. The second-order valence-electron chi connectivity index (χ2n) is 4.04. The molecule has 112 valence electrons. The molecule has 0 aliphatic rings. The fourth-order valence-corrected chi connectivity index (χ4v) is 1.56. The molecule has 1 N–H and O–H groups in total. The number of carbonyl (C=O) groups is 1. The summed E-state index contributed by atoms with van der Waals surface area (Å²) in [5, 5.41) is 5.57. The van der Waals surface area contributed by atoms with Gasteiger partial charge >= 0.3 is 18.2 Å². The van der Waals surface area contributed by atoms with Gasteiger partial charge in [0.05, 0.1) is 0 Å². The first-order chi connectivity index (χ1) is 9.81. The molecule has 0 atom stereocenters. The van der Waals surface area contributed by atoms with Crippen molar-refractivity contribution in [2.45, 2.75) is 13.1 Å². The third-order valence-electron chi connectivity index (χ3n) is 2.52. The van der Waals surface area contributed by atoms with Crippen LogP contribution >= 0.6 is 0 Å². The predicted molar refractivity (Wildman–Crippen MR) is 64.6 cm³/mol. The number of aryl methyl sites for hydroxylation is 1. The molecule has 6 nitrogen and oxygen atoms in total. The standard InChI is InChI=1S/C12H10F3N3O3/c1-6-5-7(20-11(19)16-2)3-4-8(6)9-17-10(21-18-9)12(13,14)15/h3-5H,1-2H3,(H,16,19). The average Bonchev–Trinajstić information content (AvgIpc) is 2.88. The van der Waals surface area contributed by atoms with Gasteiger partial charge < -0.3 is 14.6 Å². The molecule has 1 aromatic carbocycles. The van der Waals surface area contributed by atoms with E-state index in [0.29, 0.717) is 11.1 Å². The van der Waals surface area contributed by atoms with Gasteiger partial charge in [-0.1, -0.05) is 5.16 Å². The fraction of sp³-hybridized carbons (Fsp3) is 0.250. The number of ether oxygens (including phenoxy) is 1. The van der Waals surface area contributed by atoms with Gasteiger partial charge in [-0.25, -0.2) is 4.79 Å². The fourth-order valence-electron chi connectivity index (χ4n) is 1.56. The molecule has 0 bridgehead atoms. The molecule has 0 saturated carbocycles. The lowest BCUT2D eigenvalue weighted by atomic mass is 10.1. The van der Waals surface area contributed by atoms with Crippen LogP contribution in [0.15, 0.2) is 22.7 Å². The lowest BCUT2D eigenvalue weighted by molar-refractivity contribution is -0.159. The maximum atomic E-state index is 12.4. The van der Waals surface area contributed by atoms with Gasteiger partial charge in [0.25, 0.3) is 0 Å². The minimum Gasteiger partial charge on any atom is -0.410 e. The number of hydrogen-bond donors (Lipinski definition) is 1. The van der Waals surface area contributed by atoms with E-state index in [1.807, 2.05) is 0 Å². The third-order valence-corrected chi connectivity index (χ3v) is 2.52. The molecule has 2 rings (SSSR count). The molecular weight excluding hydrogens is 291 g/mol. The van der Waals surface area contributed by atoms with Crippen molar-refractivity contribution in [1.82, 2.24) is 15.5 Å². The van der Waals surface area contributed by atoms with E-state index in [4.69, 9.17) is 4.74 Å². The van der Waals surface area contributed by atoms with Crippen LogP contribution in [0.2, 0.25) is 0 Å². The smallest absolute Gasteiger partial charge is 0.410 e. The van der Waals surface area contributed by atoms with E-state index in [0.717, 1.165) is 0 Å². The quantitative estimate of drug-likeness (QED) is 0.923. The van der Waals surface area contributed by atoms with E-state index in [9.17, 15) is 18.0 Å². The van der Waals surface area contributed by atoms with E-state index in [-0.39, 0.29) is 11.6 Å². The summed E-state index contributed by atoms with van der Waals surface area (Å²) in [6, 6.07) is 4.34. The zero-order chi connectivity index (χ0) is 15.6. The van der Waals surface area contributed by atoms with Crippen LogP contribution in [0, 0.1) is 6.92 Å². The van der Waals surface area contributed by atoms with Gasteiger partial charge in [-0.2, -0.15) is 18.2 Å². The first kappa shape index (κ1) is 14.8. The molecule has 1 heterocycles. The van der Waals surface area contributed by atoms with Crippen molar-refractivity contribution in [3.05, 3.63) is 29.7 Å². The summed E-state index contributed by atoms with van der Waals surface area (Å²) >= 11 is 0. The van der Waals surface area contributed by atoms with Crippen LogP contribution in [0.1, 0.15) is 11.5 Å². The van der Waals surface area contributed by atoms with Crippen molar-refractivity contribution < 1.29 is 27.2 Å². The minimum absolute atomic E-state index is 0.189. The Kier molecular flexibility index (Phi) is 3.83. The Bertz CT molecular complexity index is 667. The number of carbonyl (C=O) groups excluding carboxylic acids is 1. The molecule has 0 radical (unpaired) electrons. The zero-order valence-electron chi connectivity index (χ0n) is 11.0. The minimum atomic E-state index is -4.69. The Balaban J connectivity index is 2.29. The van der Waals surface area contributed by atoms with Crippen LogP contribution in [0.5, 0.6) is 5.75 Å². The maximum Gasteiger partial charge on any atom is 0.471 e. The highest BCUT2D eigenvalue weighted by molar-refractivity contribution is 5.71. The van der Waals surface area contributed by atoms with E-state index >= 15 is 0 Å². The monoisotopic (exact) mass is 301 g/mol. The van der Waals surface area contributed by atoms with Gasteiger partial charge in [-0.05, 0) is 30.7 Å². The molecule has 0 unspecified atom stereocenters. The van der Waals surface area contributed by atoms with Gasteiger partial charge in [-0.15, -0.1) is 0 Å². The van der Waals surface area contributed by atoms with Crippen LogP contribution in [0.4, 0.5) is 18.0 Å². The second kappa shape index (κ2) is 5.43. The molecular formula is C12H10F3N3O3. The van der Waals surface area contributed by atoms with E-state index in [2.05, 4.69) is 20.0 Å². The molecule has 9 heteroatoms. The first-order valence-corrected chi connectivity index (χ1v) is 5.72. The topological polar surface area (TPSA) is 77.2 Å². The van der Waals surface area contributed by atoms with Crippen molar-refractivity contribution in [2.75, 3.05) is 7.05 Å². The van der Waals surface area contributed by atoms with Gasteiger partial charge in [-0.3, -0.25) is 0 Å². The molecule has 1 aromatic heterocycles. The summed E-state index contributed by atoms with van der Waals surface area (Å²) in [5.41, 5.74) is 0.879. The van der Waals surface area contributed by atoms with E-state index in [1.54, 1.807) is 6.92 Å². The van der Waals surface area contributed by atoms with Gasteiger partial charge in [0.2, 0.25) is 5.82 Å². The van der Waals surface area contributed by atoms with Crippen LogP contribution in [0.25, 0.3) is 11.4 Å². The molecule has 0 spiro atoms. The Morgan fingerprint density at radius 3 is 2.62 bits per heavy atom. The summed E-state index contributed by atoms with van der Waals surface area (Å²) in [4.78, 5) is 14.4. The Hall–Kier alpha value is -2.58. The lowest BCUT2D eigenvalue weighted by Crippen LogP contribution is -2.22. The SMILES string of the molecule is CNC(=O)Oc1ccc(-c2noc(C(F)(F)F)n2)c(C)c1. The molecule has 0 aliphatic carbocycles. The summed E-state index contributed by atoms with van der Waals surface area (Å²) in [5.74, 6) is -1.36. The number of alkyl halides is 3. The summed E-state index contributed by atoms with van der Waals surface area (Å²) in [6.45, 7) is 1.62. The van der Waals surface area contributed by atoms with Crippen molar-refractivity contribution >= 4 is 6.09 Å². The zero-order valence-corrected chi connectivity index (χ0v) is 11.0. The molecule has 1 amide bonds. The largest absolute Gasteiger partial charge is 0.471 e. The number of halogens is 3. The van der Waals surface area contributed by atoms with Crippen molar-refractivity contribution in [1.29, 1.82) is 0 Å². The third kappa shape index (κ3) is 3.30. The normalized spacial score (nSPS) is 11.3. The first-order valence-electron chi connectivity index (χ1n) is 5.72. The van der Waals surface area contributed by atoms with Crippen LogP contribution in [0.3, 0.4) is 0 Å². The van der Waals surface area contributed by atoms with Gasteiger partial charge in [0, 0.05) is 12.6 Å². The number of nitrogens with zero attached hydrogens (tertiary/aromatic N) is 2. The van der Waals surface area contributed by atoms with Crippen LogP contribution < -0.4 is 10.1 Å².